The van der Waals surface area contributed by atoms with Crippen molar-refractivity contribution in [3.05, 3.63) is 86.3 Å². The Morgan fingerprint density at radius 3 is 2.34 bits per heavy atom. The summed E-state index contributed by atoms with van der Waals surface area (Å²) in [7, 11) is 0. The highest BCUT2D eigenvalue weighted by Crippen LogP contribution is 2.17. The lowest BCUT2D eigenvalue weighted by Crippen LogP contribution is -2.30. The fraction of sp³-hybridized carbons (Fsp3) is 0.105. The summed E-state index contributed by atoms with van der Waals surface area (Å²) in [6.07, 6.45) is 1.36. The van der Waals surface area contributed by atoms with Crippen LogP contribution in [0.4, 0.5) is 14.5 Å². The van der Waals surface area contributed by atoms with Crippen molar-refractivity contribution in [2.45, 2.75) is 0 Å². The molecular weight excluding hydrogens is 425 g/mol. The number of hydrogen-bond acceptors (Lipinski definition) is 4. The van der Waals surface area contributed by atoms with Crippen LogP contribution >= 0.6 is 23.2 Å². The number of carbonyl (C=O) groups is 1. The average Bonchev–Trinajstić information content (AvgIpc) is 2.69. The Kier molecular flexibility index (Phi) is 6.46. The maximum Gasteiger partial charge on any atom is 0.292 e. The molecule has 0 radical (unpaired) electrons. The molecule has 3 rings (SSSR count). The summed E-state index contributed by atoms with van der Waals surface area (Å²) in [6, 6.07) is 9.65. The van der Waals surface area contributed by atoms with E-state index in [0.717, 1.165) is 16.8 Å². The van der Waals surface area contributed by atoms with E-state index in [-0.39, 0.29) is 23.8 Å². The molecule has 0 aliphatic rings. The zero-order valence-electron chi connectivity index (χ0n) is 14.8. The standard InChI is InChI=1S/C19H14Cl2F2N4O2/c20-11-4-6-12(7-5-11)27-19(29)17(21)15(10-26-27)24-8-9-25-18(28)16-13(22)2-1-3-14(16)23/h1-7,10,24H,8-9H2,(H,25,28). The number of rotatable bonds is 6. The van der Waals surface area contributed by atoms with Gasteiger partial charge in [-0.25, -0.2) is 8.78 Å². The van der Waals surface area contributed by atoms with Crippen LogP contribution in [0, 0.1) is 11.6 Å². The summed E-state index contributed by atoms with van der Waals surface area (Å²) in [6.45, 7) is 0.177. The molecule has 150 valence electrons. The number of carbonyl (C=O) groups excluding carboxylic acids is 1. The van der Waals surface area contributed by atoms with E-state index in [9.17, 15) is 18.4 Å². The molecule has 2 N–H and O–H groups in total. The van der Waals surface area contributed by atoms with Gasteiger partial charge in [-0.15, -0.1) is 0 Å². The zero-order valence-corrected chi connectivity index (χ0v) is 16.3. The third kappa shape index (κ3) is 4.72. The lowest BCUT2D eigenvalue weighted by atomic mass is 10.2. The van der Waals surface area contributed by atoms with Gasteiger partial charge in [-0.05, 0) is 36.4 Å². The van der Waals surface area contributed by atoms with Crippen molar-refractivity contribution < 1.29 is 13.6 Å². The molecule has 0 fully saturated rings. The first-order valence-corrected chi connectivity index (χ1v) is 9.14. The smallest absolute Gasteiger partial charge is 0.292 e. The van der Waals surface area contributed by atoms with Crippen LogP contribution in [0.2, 0.25) is 10.0 Å². The summed E-state index contributed by atoms with van der Waals surface area (Å²) in [4.78, 5) is 24.3. The Morgan fingerprint density at radius 1 is 1.03 bits per heavy atom. The molecule has 0 saturated carbocycles. The van der Waals surface area contributed by atoms with Crippen molar-refractivity contribution >= 4 is 34.8 Å². The van der Waals surface area contributed by atoms with E-state index in [1.165, 1.54) is 12.3 Å². The van der Waals surface area contributed by atoms with Gasteiger partial charge in [0, 0.05) is 18.1 Å². The minimum atomic E-state index is -0.950. The molecule has 10 heteroatoms. The normalized spacial score (nSPS) is 10.6. The molecule has 2 aromatic carbocycles. The third-order valence-electron chi connectivity index (χ3n) is 3.91. The van der Waals surface area contributed by atoms with Gasteiger partial charge < -0.3 is 10.6 Å². The number of nitrogens with one attached hydrogen (secondary N) is 2. The van der Waals surface area contributed by atoms with Gasteiger partial charge in [-0.2, -0.15) is 9.78 Å². The lowest BCUT2D eigenvalue weighted by molar-refractivity contribution is 0.0946. The molecule has 6 nitrogen and oxygen atoms in total. The van der Waals surface area contributed by atoms with Gasteiger partial charge in [0.2, 0.25) is 0 Å². The van der Waals surface area contributed by atoms with Gasteiger partial charge in [0.15, 0.2) is 0 Å². The molecule has 0 atom stereocenters. The molecule has 0 aliphatic carbocycles. The number of aromatic nitrogens is 2. The third-order valence-corrected chi connectivity index (χ3v) is 4.52. The van der Waals surface area contributed by atoms with Crippen LogP contribution in [-0.4, -0.2) is 28.8 Å². The van der Waals surface area contributed by atoms with Crippen LogP contribution in [0.1, 0.15) is 10.4 Å². The Balaban J connectivity index is 1.63. The van der Waals surface area contributed by atoms with Crippen molar-refractivity contribution in [3.63, 3.8) is 0 Å². The largest absolute Gasteiger partial charge is 0.381 e. The molecule has 1 aromatic heterocycles. The van der Waals surface area contributed by atoms with Gasteiger partial charge >= 0.3 is 0 Å². The Morgan fingerprint density at radius 2 is 1.69 bits per heavy atom. The Labute approximate surface area is 174 Å². The Hall–Kier alpha value is -2.97. The molecule has 0 aliphatic heterocycles. The predicted molar refractivity (Wildman–Crippen MR) is 107 cm³/mol. The summed E-state index contributed by atoms with van der Waals surface area (Å²) in [5, 5.41) is 9.71. The molecule has 1 heterocycles. The molecule has 0 unspecified atom stereocenters. The molecule has 3 aromatic rings. The zero-order chi connectivity index (χ0) is 21.0. The maximum atomic E-state index is 13.6. The Bertz CT molecular complexity index is 1080. The maximum absolute atomic E-state index is 13.6. The van der Waals surface area contributed by atoms with Crippen molar-refractivity contribution in [3.8, 4) is 5.69 Å². The van der Waals surface area contributed by atoms with E-state index in [0.29, 0.717) is 10.7 Å². The minimum absolute atomic E-state index is 0.0310. The summed E-state index contributed by atoms with van der Waals surface area (Å²) in [5.41, 5.74) is -0.450. The van der Waals surface area contributed by atoms with E-state index >= 15 is 0 Å². The van der Waals surface area contributed by atoms with E-state index in [1.807, 2.05) is 0 Å². The molecule has 29 heavy (non-hydrogen) atoms. The topological polar surface area (TPSA) is 76.0 Å². The summed E-state index contributed by atoms with van der Waals surface area (Å²) >= 11 is 11.9. The molecule has 0 spiro atoms. The highest BCUT2D eigenvalue weighted by molar-refractivity contribution is 6.33. The first-order chi connectivity index (χ1) is 13.9. The van der Waals surface area contributed by atoms with Crippen molar-refractivity contribution in [2.75, 3.05) is 18.4 Å². The fourth-order valence-corrected chi connectivity index (χ4v) is 2.82. The molecular formula is C19H14Cl2F2N4O2. The molecule has 0 bridgehead atoms. The van der Waals surface area contributed by atoms with Gasteiger partial charge in [0.1, 0.15) is 22.2 Å². The summed E-state index contributed by atoms with van der Waals surface area (Å²) in [5.74, 6) is -2.79. The van der Waals surface area contributed by atoms with Crippen LogP contribution < -0.4 is 16.2 Å². The quantitative estimate of drug-likeness (QED) is 0.575. The SMILES string of the molecule is O=C(NCCNc1cnn(-c2ccc(Cl)cc2)c(=O)c1Cl)c1c(F)cccc1F. The molecule has 1 amide bonds. The first kappa shape index (κ1) is 20.8. The van der Waals surface area contributed by atoms with Crippen LogP contribution in [0.3, 0.4) is 0 Å². The lowest BCUT2D eigenvalue weighted by Gasteiger charge is -2.11. The van der Waals surface area contributed by atoms with E-state index in [2.05, 4.69) is 15.7 Å². The first-order valence-electron chi connectivity index (χ1n) is 8.38. The predicted octanol–water partition coefficient (Wildman–Crippen LogP) is 3.66. The van der Waals surface area contributed by atoms with E-state index in [4.69, 9.17) is 23.2 Å². The van der Waals surface area contributed by atoms with Gasteiger partial charge in [-0.1, -0.05) is 29.3 Å². The van der Waals surface area contributed by atoms with Crippen molar-refractivity contribution in [1.29, 1.82) is 0 Å². The van der Waals surface area contributed by atoms with Crippen LogP contribution in [-0.2, 0) is 0 Å². The van der Waals surface area contributed by atoms with E-state index < -0.39 is 28.7 Å². The monoisotopic (exact) mass is 438 g/mol. The fourth-order valence-electron chi connectivity index (χ4n) is 2.50. The average molecular weight is 439 g/mol. The number of nitrogens with zero attached hydrogens (tertiary/aromatic N) is 2. The highest BCUT2D eigenvalue weighted by atomic mass is 35.5. The minimum Gasteiger partial charge on any atom is -0.381 e. The van der Waals surface area contributed by atoms with Crippen LogP contribution in [0.15, 0.2) is 53.5 Å². The highest BCUT2D eigenvalue weighted by Gasteiger charge is 2.16. The number of benzene rings is 2. The van der Waals surface area contributed by atoms with Crippen LogP contribution in [0.5, 0.6) is 0 Å². The second-order valence-corrected chi connectivity index (χ2v) is 6.66. The van der Waals surface area contributed by atoms with Crippen molar-refractivity contribution in [1.82, 2.24) is 15.1 Å². The molecule has 0 saturated heterocycles. The van der Waals surface area contributed by atoms with E-state index in [1.54, 1.807) is 24.3 Å². The van der Waals surface area contributed by atoms with Crippen molar-refractivity contribution in [2.24, 2.45) is 0 Å². The number of amides is 1. The van der Waals surface area contributed by atoms with Gasteiger partial charge in [0.05, 0.1) is 17.6 Å². The number of hydrogen-bond donors (Lipinski definition) is 2. The number of halogens is 4. The second-order valence-electron chi connectivity index (χ2n) is 5.84. The summed E-state index contributed by atoms with van der Waals surface area (Å²) < 4.78 is 28.3. The van der Waals surface area contributed by atoms with Gasteiger partial charge in [-0.3, -0.25) is 9.59 Å². The number of anilines is 1. The van der Waals surface area contributed by atoms with Crippen LogP contribution in [0.25, 0.3) is 5.69 Å². The van der Waals surface area contributed by atoms with Gasteiger partial charge in [0.25, 0.3) is 11.5 Å². The second kappa shape index (κ2) is 9.02.